The van der Waals surface area contributed by atoms with E-state index in [4.69, 9.17) is 21.8 Å². The van der Waals surface area contributed by atoms with Gasteiger partial charge in [0.25, 0.3) is 0 Å². The lowest BCUT2D eigenvalue weighted by atomic mass is 9.98. The van der Waals surface area contributed by atoms with Gasteiger partial charge < -0.3 is 4.90 Å². The van der Waals surface area contributed by atoms with Crippen molar-refractivity contribution in [2.45, 2.75) is 17.4 Å². The molecule has 6 nitrogen and oxygen atoms in total. The van der Waals surface area contributed by atoms with Crippen molar-refractivity contribution in [3.63, 3.8) is 0 Å². The van der Waals surface area contributed by atoms with Crippen LogP contribution in [-0.4, -0.2) is 28.2 Å². The van der Waals surface area contributed by atoms with Crippen LogP contribution in [-0.2, 0) is 10.0 Å². The predicted octanol–water partition coefficient (Wildman–Crippen LogP) is 4.41. The van der Waals surface area contributed by atoms with Crippen LogP contribution < -0.4 is 15.0 Å². The summed E-state index contributed by atoms with van der Waals surface area (Å²) in [6, 6.07) is 22.4. The van der Waals surface area contributed by atoms with E-state index in [-0.39, 0.29) is 10.9 Å². The molecular formula is C23H23ClN4O2S. The third-order valence-electron chi connectivity index (χ3n) is 5.31. The van der Waals surface area contributed by atoms with Gasteiger partial charge in [-0.05, 0) is 59.7 Å². The molecule has 2 N–H and O–H groups in total. The minimum atomic E-state index is -3.75. The first-order valence-corrected chi connectivity index (χ1v) is 11.7. The molecule has 0 fully saturated rings. The maximum Gasteiger partial charge on any atom is 0.238 e. The van der Waals surface area contributed by atoms with Crippen LogP contribution in [0, 0.1) is 0 Å². The van der Waals surface area contributed by atoms with Crippen molar-refractivity contribution >= 4 is 38.7 Å². The van der Waals surface area contributed by atoms with Gasteiger partial charge in [-0.25, -0.2) is 13.6 Å². The number of benzene rings is 3. The first kappa shape index (κ1) is 21.4. The van der Waals surface area contributed by atoms with E-state index in [0.29, 0.717) is 11.4 Å². The smallest absolute Gasteiger partial charge is 0.238 e. The summed E-state index contributed by atoms with van der Waals surface area (Å²) in [5.41, 5.74) is 4.98. The van der Waals surface area contributed by atoms with Gasteiger partial charge in [-0.3, -0.25) is 5.01 Å². The number of anilines is 2. The van der Waals surface area contributed by atoms with Crippen LogP contribution in [0.4, 0.5) is 11.4 Å². The first-order valence-electron chi connectivity index (χ1n) is 9.75. The van der Waals surface area contributed by atoms with Gasteiger partial charge in [0.2, 0.25) is 10.0 Å². The van der Waals surface area contributed by atoms with E-state index in [2.05, 4.69) is 29.2 Å². The van der Waals surface area contributed by atoms with Crippen LogP contribution in [0.15, 0.2) is 82.8 Å². The van der Waals surface area contributed by atoms with Crippen LogP contribution in [0.25, 0.3) is 0 Å². The molecule has 1 heterocycles. The number of sulfonamides is 1. The molecule has 1 unspecified atom stereocenters. The fourth-order valence-corrected chi connectivity index (χ4v) is 4.25. The van der Waals surface area contributed by atoms with Crippen LogP contribution in [0.3, 0.4) is 0 Å². The summed E-state index contributed by atoms with van der Waals surface area (Å²) < 4.78 is 23.2. The molecule has 0 spiro atoms. The number of hydrogen-bond acceptors (Lipinski definition) is 5. The van der Waals surface area contributed by atoms with Crippen molar-refractivity contribution in [3.05, 3.63) is 88.9 Å². The van der Waals surface area contributed by atoms with Crippen molar-refractivity contribution in [2.75, 3.05) is 24.0 Å². The Morgan fingerprint density at radius 3 is 2.13 bits per heavy atom. The molecule has 1 atom stereocenters. The highest BCUT2D eigenvalue weighted by atomic mass is 35.5. The van der Waals surface area contributed by atoms with Gasteiger partial charge in [0.15, 0.2) is 0 Å². The fourth-order valence-electron chi connectivity index (χ4n) is 3.61. The lowest BCUT2D eigenvalue weighted by Crippen LogP contribution is -2.19. The maximum atomic E-state index is 11.6. The second kappa shape index (κ2) is 8.34. The Labute approximate surface area is 187 Å². The van der Waals surface area contributed by atoms with Crippen molar-refractivity contribution in [1.82, 2.24) is 0 Å². The highest BCUT2D eigenvalue weighted by Crippen LogP contribution is 2.37. The number of nitrogens with two attached hydrogens (primary N) is 1. The van der Waals surface area contributed by atoms with E-state index in [9.17, 15) is 8.42 Å². The summed E-state index contributed by atoms with van der Waals surface area (Å²) in [5.74, 6) is 0. The summed E-state index contributed by atoms with van der Waals surface area (Å²) in [6.07, 6.45) is 0.708. The van der Waals surface area contributed by atoms with E-state index in [1.807, 2.05) is 43.4 Å². The standard InChI is InChI=1S/C23H23ClN4O2S/c1-27(2)19-9-5-16(6-10-19)22-15-23(17-3-7-18(24)8-4-17)28(26-22)20-11-13-21(14-12-20)31(25,29)30/h3-14,23H,15H2,1-2H3,(H2,25,29,30). The average Bonchev–Trinajstić information content (AvgIpc) is 3.19. The third kappa shape index (κ3) is 4.58. The molecule has 3 aromatic carbocycles. The molecule has 31 heavy (non-hydrogen) atoms. The first-order chi connectivity index (χ1) is 14.7. The Morgan fingerprint density at radius 1 is 0.968 bits per heavy atom. The molecule has 8 heteroatoms. The molecule has 0 saturated carbocycles. The van der Waals surface area contributed by atoms with E-state index in [1.54, 1.807) is 12.1 Å². The SMILES string of the molecule is CN(C)c1ccc(C2=NN(c3ccc(S(N)(=O)=O)cc3)C(c3ccc(Cl)cc3)C2)cc1. The number of primary sulfonamides is 1. The average molecular weight is 455 g/mol. The Bertz CT molecular complexity index is 1210. The molecule has 0 amide bonds. The monoisotopic (exact) mass is 454 g/mol. The molecule has 0 aromatic heterocycles. The highest BCUT2D eigenvalue weighted by molar-refractivity contribution is 7.89. The largest absolute Gasteiger partial charge is 0.378 e. The van der Waals surface area contributed by atoms with E-state index in [0.717, 1.165) is 28.2 Å². The van der Waals surface area contributed by atoms with Gasteiger partial charge in [0.05, 0.1) is 22.3 Å². The Balaban J connectivity index is 1.72. The zero-order valence-electron chi connectivity index (χ0n) is 17.2. The molecule has 1 aliphatic heterocycles. The topological polar surface area (TPSA) is 79.0 Å². The number of hydrazone groups is 1. The van der Waals surface area contributed by atoms with Crippen molar-refractivity contribution < 1.29 is 8.42 Å². The molecule has 160 valence electrons. The number of rotatable bonds is 5. The Morgan fingerprint density at radius 2 is 1.58 bits per heavy atom. The Hall–Kier alpha value is -2.87. The molecule has 0 saturated heterocycles. The zero-order chi connectivity index (χ0) is 22.2. The van der Waals surface area contributed by atoms with Crippen molar-refractivity contribution in [1.29, 1.82) is 0 Å². The fraction of sp³-hybridized carbons (Fsp3) is 0.174. The predicted molar refractivity (Wildman–Crippen MR) is 126 cm³/mol. The Kier molecular flexibility index (Phi) is 5.75. The van der Waals surface area contributed by atoms with Gasteiger partial charge in [0, 0.05) is 31.2 Å². The summed E-state index contributed by atoms with van der Waals surface area (Å²) in [5, 5.41) is 12.7. The van der Waals surface area contributed by atoms with Gasteiger partial charge in [-0.2, -0.15) is 5.10 Å². The summed E-state index contributed by atoms with van der Waals surface area (Å²) in [6.45, 7) is 0. The molecule has 0 aliphatic carbocycles. The minimum Gasteiger partial charge on any atom is -0.378 e. The summed E-state index contributed by atoms with van der Waals surface area (Å²) >= 11 is 6.08. The zero-order valence-corrected chi connectivity index (χ0v) is 18.8. The maximum absolute atomic E-state index is 11.6. The molecule has 3 aromatic rings. The molecular weight excluding hydrogens is 432 g/mol. The van der Waals surface area contributed by atoms with Crippen LogP contribution >= 0.6 is 11.6 Å². The number of halogens is 1. The molecule has 4 rings (SSSR count). The summed E-state index contributed by atoms with van der Waals surface area (Å²) in [4.78, 5) is 2.12. The van der Waals surface area contributed by atoms with E-state index in [1.165, 1.54) is 12.1 Å². The van der Waals surface area contributed by atoms with Crippen molar-refractivity contribution in [2.24, 2.45) is 10.2 Å². The van der Waals surface area contributed by atoms with Crippen LogP contribution in [0.2, 0.25) is 5.02 Å². The van der Waals surface area contributed by atoms with Gasteiger partial charge in [-0.1, -0.05) is 35.9 Å². The molecule has 0 radical (unpaired) electrons. The minimum absolute atomic E-state index is 0.0406. The highest BCUT2D eigenvalue weighted by Gasteiger charge is 2.30. The third-order valence-corrected chi connectivity index (χ3v) is 6.49. The van der Waals surface area contributed by atoms with Crippen LogP contribution in [0.5, 0.6) is 0 Å². The molecule has 1 aliphatic rings. The summed E-state index contributed by atoms with van der Waals surface area (Å²) in [7, 11) is 0.260. The van der Waals surface area contributed by atoms with E-state index < -0.39 is 10.0 Å². The second-order valence-corrected chi connectivity index (χ2v) is 9.64. The van der Waals surface area contributed by atoms with Crippen LogP contribution in [0.1, 0.15) is 23.6 Å². The lowest BCUT2D eigenvalue weighted by Gasteiger charge is -2.24. The van der Waals surface area contributed by atoms with E-state index >= 15 is 0 Å². The van der Waals surface area contributed by atoms with Gasteiger partial charge in [-0.15, -0.1) is 0 Å². The molecule has 0 bridgehead atoms. The lowest BCUT2D eigenvalue weighted by molar-refractivity contribution is 0.597. The van der Waals surface area contributed by atoms with Gasteiger partial charge >= 0.3 is 0 Å². The normalized spacial score (nSPS) is 16.3. The second-order valence-electron chi connectivity index (χ2n) is 7.64. The van der Waals surface area contributed by atoms with Crippen molar-refractivity contribution in [3.8, 4) is 0 Å². The van der Waals surface area contributed by atoms with Gasteiger partial charge in [0.1, 0.15) is 0 Å². The number of nitrogens with zero attached hydrogens (tertiary/aromatic N) is 3. The number of hydrogen-bond donors (Lipinski definition) is 1. The quantitative estimate of drug-likeness (QED) is 0.619.